The maximum absolute atomic E-state index is 13.9. The van der Waals surface area contributed by atoms with E-state index in [-0.39, 0.29) is 5.82 Å². The van der Waals surface area contributed by atoms with Crippen LogP contribution in [0.1, 0.15) is 28.4 Å². The average Bonchev–Trinajstić information content (AvgIpc) is 2.87. The van der Waals surface area contributed by atoms with Gasteiger partial charge in [-0.05, 0) is 18.1 Å². The average molecular weight is 281 g/mol. The van der Waals surface area contributed by atoms with Gasteiger partial charge >= 0.3 is 0 Å². The Morgan fingerprint density at radius 1 is 1.10 bits per heavy atom. The molecule has 3 heteroatoms. The van der Waals surface area contributed by atoms with Crippen LogP contribution in [0.25, 0.3) is 10.9 Å². The summed E-state index contributed by atoms with van der Waals surface area (Å²) in [5.41, 5.74) is 3.46. The molecule has 1 heterocycles. The first-order valence-corrected chi connectivity index (χ1v) is 7.04. The standard InChI is InChI=1S/C18H16FNO/c1-2-13-7-5-8-16-15(12-21)11-20(18(13)16)10-14-6-3-4-9-17(14)19/h3-9,11-12H,2,10H2,1H3. The van der Waals surface area contributed by atoms with Crippen molar-refractivity contribution in [2.24, 2.45) is 0 Å². The predicted molar refractivity (Wildman–Crippen MR) is 82.2 cm³/mol. The highest BCUT2D eigenvalue weighted by Gasteiger charge is 2.12. The first kappa shape index (κ1) is 13.6. The third-order valence-electron chi connectivity index (χ3n) is 3.82. The first-order chi connectivity index (χ1) is 10.2. The largest absolute Gasteiger partial charge is 0.342 e. The normalized spacial score (nSPS) is 11.0. The number of benzene rings is 2. The zero-order valence-electron chi connectivity index (χ0n) is 11.8. The van der Waals surface area contributed by atoms with Crippen molar-refractivity contribution < 1.29 is 9.18 Å². The van der Waals surface area contributed by atoms with Gasteiger partial charge in [-0.25, -0.2) is 4.39 Å². The summed E-state index contributed by atoms with van der Waals surface area (Å²) in [6, 6.07) is 12.7. The lowest BCUT2D eigenvalue weighted by molar-refractivity contribution is 0.112. The Bertz CT molecular complexity index is 804. The van der Waals surface area contributed by atoms with Gasteiger partial charge in [-0.2, -0.15) is 0 Å². The van der Waals surface area contributed by atoms with E-state index in [1.807, 2.05) is 29.0 Å². The van der Waals surface area contributed by atoms with Crippen molar-refractivity contribution in [2.45, 2.75) is 19.9 Å². The number of aromatic nitrogens is 1. The number of hydrogen-bond donors (Lipinski definition) is 0. The van der Waals surface area contributed by atoms with Gasteiger partial charge in [0.2, 0.25) is 0 Å². The molecule has 3 aromatic rings. The fraction of sp³-hybridized carbons (Fsp3) is 0.167. The van der Waals surface area contributed by atoms with Crippen LogP contribution in [0.2, 0.25) is 0 Å². The molecule has 0 saturated carbocycles. The van der Waals surface area contributed by atoms with Gasteiger partial charge in [-0.1, -0.05) is 43.3 Å². The number of para-hydroxylation sites is 1. The number of carbonyl (C=O) groups excluding carboxylic acids is 1. The molecule has 0 fully saturated rings. The van der Waals surface area contributed by atoms with Gasteiger partial charge in [0.1, 0.15) is 5.82 Å². The molecule has 0 unspecified atom stereocenters. The maximum atomic E-state index is 13.9. The zero-order chi connectivity index (χ0) is 14.8. The lowest BCUT2D eigenvalue weighted by atomic mass is 10.1. The van der Waals surface area contributed by atoms with Crippen molar-refractivity contribution in [3.8, 4) is 0 Å². The number of halogens is 1. The van der Waals surface area contributed by atoms with Crippen LogP contribution in [0.3, 0.4) is 0 Å². The smallest absolute Gasteiger partial charge is 0.152 e. The Morgan fingerprint density at radius 3 is 2.57 bits per heavy atom. The lowest BCUT2D eigenvalue weighted by Gasteiger charge is -2.09. The molecule has 0 N–H and O–H groups in total. The minimum atomic E-state index is -0.221. The monoisotopic (exact) mass is 281 g/mol. The van der Waals surface area contributed by atoms with Gasteiger partial charge in [0, 0.05) is 22.7 Å². The second-order valence-corrected chi connectivity index (χ2v) is 5.09. The molecule has 0 aliphatic rings. The van der Waals surface area contributed by atoms with Crippen molar-refractivity contribution in [1.82, 2.24) is 4.57 Å². The van der Waals surface area contributed by atoms with Crippen LogP contribution in [0.4, 0.5) is 4.39 Å². The second kappa shape index (κ2) is 5.52. The van der Waals surface area contributed by atoms with Crippen LogP contribution in [-0.2, 0) is 13.0 Å². The summed E-state index contributed by atoms with van der Waals surface area (Å²) in [6.07, 6.45) is 3.54. The summed E-state index contributed by atoms with van der Waals surface area (Å²) in [5.74, 6) is -0.221. The van der Waals surface area contributed by atoms with E-state index < -0.39 is 0 Å². The van der Waals surface area contributed by atoms with E-state index in [4.69, 9.17) is 0 Å². The van der Waals surface area contributed by atoms with E-state index in [9.17, 15) is 9.18 Å². The van der Waals surface area contributed by atoms with E-state index in [0.29, 0.717) is 17.7 Å². The number of aldehydes is 1. The van der Waals surface area contributed by atoms with Crippen molar-refractivity contribution in [1.29, 1.82) is 0 Å². The van der Waals surface area contributed by atoms with Gasteiger partial charge in [-0.3, -0.25) is 4.79 Å². The quantitative estimate of drug-likeness (QED) is 0.657. The van der Waals surface area contributed by atoms with Gasteiger partial charge in [0.25, 0.3) is 0 Å². The van der Waals surface area contributed by atoms with Crippen molar-refractivity contribution in [3.05, 3.63) is 71.2 Å². The SMILES string of the molecule is CCc1cccc2c(C=O)cn(Cc3ccccc3F)c12. The van der Waals surface area contributed by atoms with Gasteiger partial charge in [0.15, 0.2) is 6.29 Å². The molecule has 2 aromatic carbocycles. The molecule has 0 spiro atoms. The molecule has 0 saturated heterocycles. The fourth-order valence-electron chi connectivity index (χ4n) is 2.78. The van der Waals surface area contributed by atoms with E-state index in [0.717, 1.165) is 29.2 Å². The third-order valence-corrected chi connectivity index (χ3v) is 3.82. The van der Waals surface area contributed by atoms with Crippen LogP contribution in [0.5, 0.6) is 0 Å². The number of nitrogens with zero attached hydrogens (tertiary/aromatic N) is 1. The minimum absolute atomic E-state index is 0.221. The molecule has 2 nitrogen and oxygen atoms in total. The fourth-order valence-corrected chi connectivity index (χ4v) is 2.78. The molecule has 0 atom stereocenters. The minimum Gasteiger partial charge on any atom is -0.342 e. The van der Waals surface area contributed by atoms with Gasteiger partial charge in [0.05, 0.1) is 12.1 Å². The van der Waals surface area contributed by atoms with E-state index in [1.54, 1.807) is 12.1 Å². The lowest BCUT2D eigenvalue weighted by Crippen LogP contribution is -2.02. The van der Waals surface area contributed by atoms with Gasteiger partial charge in [-0.15, -0.1) is 0 Å². The molecule has 1 aromatic heterocycles. The van der Waals surface area contributed by atoms with Gasteiger partial charge < -0.3 is 4.57 Å². The van der Waals surface area contributed by atoms with E-state index >= 15 is 0 Å². The number of hydrogen-bond acceptors (Lipinski definition) is 1. The summed E-state index contributed by atoms with van der Waals surface area (Å²) in [5, 5.41) is 0.931. The molecule has 0 amide bonds. The third kappa shape index (κ3) is 2.35. The van der Waals surface area contributed by atoms with Crippen LogP contribution < -0.4 is 0 Å². The van der Waals surface area contributed by atoms with Crippen LogP contribution in [-0.4, -0.2) is 10.9 Å². The van der Waals surface area contributed by atoms with Crippen LogP contribution >= 0.6 is 0 Å². The summed E-state index contributed by atoms with van der Waals surface area (Å²) in [7, 11) is 0. The molecule has 0 aliphatic heterocycles. The molecule has 3 rings (SSSR count). The highest BCUT2D eigenvalue weighted by Crippen LogP contribution is 2.25. The molecular formula is C18H16FNO. The van der Waals surface area contributed by atoms with E-state index in [2.05, 4.69) is 13.0 Å². The number of fused-ring (bicyclic) bond motifs is 1. The highest BCUT2D eigenvalue weighted by atomic mass is 19.1. The zero-order valence-corrected chi connectivity index (χ0v) is 11.8. The summed E-state index contributed by atoms with van der Waals surface area (Å²) in [6.45, 7) is 2.50. The summed E-state index contributed by atoms with van der Waals surface area (Å²) in [4.78, 5) is 11.3. The molecular weight excluding hydrogens is 265 g/mol. The van der Waals surface area contributed by atoms with Crippen LogP contribution in [0.15, 0.2) is 48.7 Å². The second-order valence-electron chi connectivity index (χ2n) is 5.09. The molecule has 106 valence electrons. The summed E-state index contributed by atoms with van der Waals surface area (Å²) >= 11 is 0. The molecule has 0 radical (unpaired) electrons. The molecule has 0 bridgehead atoms. The predicted octanol–water partition coefficient (Wildman–Crippen LogP) is 4.20. The highest BCUT2D eigenvalue weighted by molar-refractivity contribution is 5.99. The number of rotatable bonds is 4. The maximum Gasteiger partial charge on any atom is 0.152 e. The van der Waals surface area contributed by atoms with Crippen molar-refractivity contribution in [2.75, 3.05) is 0 Å². The molecule has 21 heavy (non-hydrogen) atoms. The van der Waals surface area contributed by atoms with E-state index in [1.165, 1.54) is 6.07 Å². The van der Waals surface area contributed by atoms with Crippen molar-refractivity contribution in [3.63, 3.8) is 0 Å². The van der Waals surface area contributed by atoms with Crippen molar-refractivity contribution >= 4 is 17.2 Å². The first-order valence-electron chi connectivity index (χ1n) is 7.04. The topological polar surface area (TPSA) is 22.0 Å². The Kier molecular flexibility index (Phi) is 3.57. The Hall–Kier alpha value is -2.42. The molecule has 0 aliphatic carbocycles. The Balaban J connectivity index is 2.18. The van der Waals surface area contributed by atoms with Crippen LogP contribution in [0, 0.1) is 5.82 Å². The number of aryl methyl sites for hydroxylation is 1. The Morgan fingerprint density at radius 2 is 1.86 bits per heavy atom. The Labute approximate surface area is 122 Å². The number of carbonyl (C=O) groups is 1. The summed E-state index contributed by atoms with van der Waals surface area (Å²) < 4.78 is 15.8.